The molecule has 3 nitrogen and oxygen atoms in total. The molecule has 1 aromatic rings. The van der Waals surface area contributed by atoms with E-state index in [1.165, 1.54) is 0 Å². The number of sulfone groups is 1. The SMILES string of the molecule is CS(=O)(=O)CCCNc1c(F)c(F)c(F)c(F)c1F. The van der Waals surface area contributed by atoms with Gasteiger partial charge in [0.15, 0.2) is 23.3 Å². The first-order valence-electron chi connectivity index (χ1n) is 5.08. The highest BCUT2D eigenvalue weighted by Crippen LogP contribution is 2.26. The molecule has 0 aliphatic rings. The molecular weight excluding hydrogens is 293 g/mol. The van der Waals surface area contributed by atoms with Crippen LogP contribution in [0, 0.1) is 29.1 Å². The van der Waals surface area contributed by atoms with Crippen LogP contribution in [-0.4, -0.2) is 27.0 Å². The highest BCUT2D eigenvalue weighted by molar-refractivity contribution is 7.90. The Balaban J connectivity index is 2.85. The van der Waals surface area contributed by atoms with Crippen LogP contribution in [0.15, 0.2) is 0 Å². The van der Waals surface area contributed by atoms with Crippen LogP contribution < -0.4 is 5.32 Å². The Morgan fingerprint density at radius 1 is 0.895 bits per heavy atom. The topological polar surface area (TPSA) is 46.2 Å². The highest BCUT2D eigenvalue weighted by atomic mass is 32.2. The second-order valence-electron chi connectivity index (χ2n) is 3.86. The lowest BCUT2D eigenvalue weighted by Gasteiger charge is -2.10. The molecule has 0 aromatic heterocycles. The van der Waals surface area contributed by atoms with E-state index in [-0.39, 0.29) is 18.7 Å². The predicted octanol–water partition coefficient (Wildman–Crippen LogP) is 2.23. The summed E-state index contributed by atoms with van der Waals surface area (Å²) in [5, 5.41) is 2.00. The van der Waals surface area contributed by atoms with E-state index in [4.69, 9.17) is 0 Å². The largest absolute Gasteiger partial charge is 0.380 e. The molecule has 108 valence electrons. The second kappa shape index (κ2) is 5.72. The molecule has 0 radical (unpaired) electrons. The van der Waals surface area contributed by atoms with Crippen molar-refractivity contribution in [2.45, 2.75) is 6.42 Å². The first kappa shape index (κ1) is 15.7. The average Bonchev–Trinajstić information content (AvgIpc) is 2.32. The molecule has 1 rings (SSSR count). The van der Waals surface area contributed by atoms with Crippen LogP contribution in [0.25, 0.3) is 0 Å². The smallest absolute Gasteiger partial charge is 0.200 e. The predicted molar refractivity (Wildman–Crippen MR) is 59.0 cm³/mol. The van der Waals surface area contributed by atoms with Gasteiger partial charge in [-0.1, -0.05) is 0 Å². The van der Waals surface area contributed by atoms with Crippen LogP contribution in [-0.2, 0) is 9.84 Å². The Labute approximate surface area is 106 Å². The fourth-order valence-corrected chi connectivity index (χ4v) is 1.98. The molecular formula is C10H10F5NO2S. The molecule has 1 N–H and O–H groups in total. The molecule has 0 bridgehead atoms. The second-order valence-corrected chi connectivity index (χ2v) is 6.11. The minimum absolute atomic E-state index is 0.0294. The minimum Gasteiger partial charge on any atom is -0.380 e. The van der Waals surface area contributed by atoms with Crippen LogP contribution in [0.1, 0.15) is 6.42 Å². The first-order valence-corrected chi connectivity index (χ1v) is 7.14. The number of rotatable bonds is 5. The number of anilines is 1. The van der Waals surface area contributed by atoms with Crippen LogP contribution >= 0.6 is 0 Å². The molecule has 0 aliphatic heterocycles. The summed E-state index contributed by atoms with van der Waals surface area (Å²) in [7, 11) is -3.26. The zero-order valence-electron chi connectivity index (χ0n) is 9.74. The normalized spacial score (nSPS) is 11.7. The molecule has 0 atom stereocenters. The molecule has 0 fully saturated rings. The van der Waals surface area contributed by atoms with E-state index >= 15 is 0 Å². The maximum atomic E-state index is 13.2. The zero-order valence-corrected chi connectivity index (χ0v) is 10.6. The van der Waals surface area contributed by atoms with E-state index in [1.54, 1.807) is 0 Å². The molecule has 0 saturated carbocycles. The summed E-state index contributed by atoms with van der Waals surface area (Å²) in [6.45, 7) is -0.245. The maximum Gasteiger partial charge on any atom is 0.200 e. The molecule has 0 aliphatic carbocycles. The van der Waals surface area contributed by atoms with Crippen LogP contribution in [0.5, 0.6) is 0 Å². The van der Waals surface area contributed by atoms with Gasteiger partial charge in [-0.05, 0) is 6.42 Å². The molecule has 19 heavy (non-hydrogen) atoms. The summed E-state index contributed by atoms with van der Waals surface area (Å²) in [6.07, 6.45) is 0.934. The van der Waals surface area contributed by atoms with Gasteiger partial charge < -0.3 is 5.32 Å². The Hall–Kier alpha value is -1.38. The summed E-state index contributed by atoms with van der Waals surface area (Å²) in [5.74, 6) is -10.6. The summed E-state index contributed by atoms with van der Waals surface area (Å²) in [5.41, 5.74) is -1.16. The van der Waals surface area contributed by atoms with Crippen LogP contribution in [0.4, 0.5) is 27.6 Å². The Morgan fingerprint density at radius 3 is 1.74 bits per heavy atom. The van der Waals surface area contributed by atoms with Crippen LogP contribution in [0.3, 0.4) is 0 Å². The fourth-order valence-electron chi connectivity index (χ4n) is 1.31. The maximum absolute atomic E-state index is 13.2. The van der Waals surface area contributed by atoms with Gasteiger partial charge in [-0.15, -0.1) is 0 Å². The first-order chi connectivity index (χ1) is 8.65. The van der Waals surface area contributed by atoms with Gasteiger partial charge in [0.25, 0.3) is 0 Å². The van der Waals surface area contributed by atoms with Gasteiger partial charge in [-0.25, -0.2) is 30.4 Å². The summed E-state index contributed by atoms with van der Waals surface area (Å²) >= 11 is 0. The van der Waals surface area contributed by atoms with Crippen molar-refractivity contribution >= 4 is 15.5 Å². The molecule has 0 spiro atoms. The summed E-state index contributed by atoms with van der Waals surface area (Å²) in [4.78, 5) is 0. The summed E-state index contributed by atoms with van der Waals surface area (Å²) in [6, 6.07) is 0. The third-order valence-corrected chi connectivity index (χ3v) is 3.23. The van der Waals surface area contributed by atoms with Crippen molar-refractivity contribution in [2.24, 2.45) is 0 Å². The van der Waals surface area contributed by atoms with Crippen LogP contribution in [0.2, 0.25) is 0 Å². The van der Waals surface area contributed by atoms with Crippen molar-refractivity contribution in [3.8, 4) is 0 Å². The molecule has 9 heteroatoms. The van der Waals surface area contributed by atoms with Gasteiger partial charge in [0.1, 0.15) is 15.5 Å². The standard InChI is InChI=1S/C10H10F5NO2S/c1-19(17,18)4-2-3-16-10-8(14)6(12)5(11)7(13)9(10)15/h16H,2-4H2,1H3. The quantitative estimate of drug-likeness (QED) is 0.393. The number of nitrogens with one attached hydrogen (secondary N) is 1. The van der Waals surface area contributed by atoms with Gasteiger partial charge in [-0.2, -0.15) is 0 Å². The number of hydrogen-bond acceptors (Lipinski definition) is 3. The lowest BCUT2D eigenvalue weighted by atomic mass is 10.2. The average molecular weight is 303 g/mol. The number of halogens is 5. The fraction of sp³-hybridized carbons (Fsp3) is 0.400. The van der Waals surface area contributed by atoms with Crippen molar-refractivity contribution in [3.63, 3.8) is 0 Å². The molecule has 0 amide bonds. The Morgan fingerprint density at radius 2 is 1.32 bits per heavy atom. The number of hydrogen-bond donors (Lipinski definition) is 1. The van der Waals surface area contributed by atoms with E-state index in [0.717, 1.165) is 6.26 Å². The van der Waals surface area contributed by atoms with E-state index in [9.17, 15) is 30.4 Å². The highest BCUT2D eigenvalue weighted by Gasteiger charge is 2.25. The molecule has 0 unspecified atom stereocenters. The van der Waals surface area contributed by atoms with Crippen molar-refractivity contribution in [1.29, 1.82) is 0 Å². The van der Waals surface area contributed by atoms with Crippen molar-refractivity contribution < 1.29 is 30.4 Å². The third kappa shape index (κ3) is 3.79. The lowest BCUT2D eigenvalue weighted by Crippen LogP contribution is -2.13. The van der Waals surface area contributed by atoms with E-state index in [1.807, 2.05) is 5.32 Å². The van der Waals surface area contributed by atoms with Gasteiger partial charge in [-0.3, -0.25) is 0 Å². The van der Waals surface area contributed by atoms with E-state index in [0.29, 0.717) is 0 Å². The van der Waals surface area contributed by atoms with Crippen molar-refractivity contribution in [2.75, 3.05) is 23.9 Å². The minimum atomic E-state index is -3.26. The van der Waals surface area contributed by atoms with Gasteiger partial charge in [0.05, 0.1) is 5.75 Å². The summed E-state index contributed by atoms with van der Waals surface area (Å²) < 4.78 is 86.2. The Kier molecular flexibility index (Phi) is 4.72. The van der Waals surface area contributed by atoms with Gasteiger partial charge in [0.2, 0.25) is 5.82 Å². The van der Waals surface area contributed by atoms with E-state index < -0.39 is 44.6 Å². The molecule has 0 heterocycles. The Bertz CT molecular complexity index is 559. The van der Waals surface area contributed by atoms with Crippen molar-refractivity contribution in [3.05, 3.63) is 29.1 Å². The van der Waals surface area contributed by atoms with Gasteiger partial charge >= 0.3 is 0 Å². The number of benzene rings is 1. The molecule has 0 saturated heterocycles. The van der Waals surface area contributed by atoms with E-state index in [2.05, 4.69) is 0 Å². The van der Waals surface area contributed by atoms with Crippen molar-refractivity contribution in [1.82, 2.24) is 0 Å². The molecule has 1 aromatic carbocycles. The lowest BCUT2D eigenvalue weighted by molar-refractivity contribution is 0.381. The monoisotopic (exact) mass is 303 g/mol. The zero-order chi connectivity index (χ0) is 14.8. The third-order valence-electron chi connectivity index (χ3n) is 2.20. The van der Waals surface area contributed by atoms with Gasteiger partial charge in [0, 0.05) is 12.8 Å².